The number of thiazole rings is 1. The normalized spacial score (nSPS) is 10.8. The van der Waals surface area contributed by atoms with Crippen molar-refractivity contribution < 1.29 is 19.1 Å². The SMILES string of the molecule is CCOC(=O)Cc1csc(NN=Cc2c(C)cc(OC(C)=O)cc2C)n1. The monoisotopic (exact) mass is 375 g/mol. The molecule has 0 radical (unpaired) electrons. The van der Waals surface area contributed by atoms with Crippen LogP contribution in [-0.2, 0) is 20.7 Å². The minimum Gasteiger partial charge on any atom is -0.466 e. The van der Waals surface area contributed by atoms with Crippen LogP contribution in [0.1, 0.15) is 36.2 Å². The molecule has 0 atom stereocenters. The molecule has 0 aliphatic carbocycles. The molecule has 26 heavy (non-hydrogen) atoms. The average molecular weight is 375 g/mol. The molecule has 0 bridgehead atoms. The maximum Gasteiger partial charge on any atom is 0.311 e. The standard InChI is InChI=1S/C18H21N3O4S/c1-5-24-17(23)8-14-10-26-18(20-14)21-19-9-16-11(2)6-15(7-12(16)3)25-13(4)22/h6-7,9-10H,5,8H2,1-4H3,(H,20,21). The molecule has 0 amide bonds. The molecule has 0 saturated carbocycles. The van der Waals surface area contributed by atoms with Crippen LogP contribution in [-0.4, -0.2) is 29.7 Å². The first kappa shape index (κ1) is 19.6. The number of carbonyl (C=O) groups excluding carboxylic acids is 2. The summed E-state index contributed by atoms with van der Waals surface area (Å²) < 4.78 is 10.0. The zero-order valence-corrected chi connectivity index (χ0v) is 16.0. The van der Waals surface area contributed by atoms with Crippen LogP contribution >= 0.6 is 11.3 Å². The largest absolute Gasteiger partial charge is 0.466 e. The second-order valence-corrected chi connectivity index (χ2v) is 6.42. The molecule has 0 aliphatic rings. The van der Waals surface area contributed by atoms with E-state index < -0.39 is 0 Å². The van der Waals surface area contributed by atoms with E-state index in [1.54, 1.807) is 30.7 Å². The van der Waals surface area contributed by atoms with Gasteiger partial charge in [-0.15, -0.1) is 11.3 Å². The van der Waals surface area contributed by atoms with Crippen molar-refractivity contribution in [2.75, 3.05) is 12.0 Å². The maximum atomic E-state index is 11.5. The maximum absolute atomic E-state index is 11.5. The molecule has 0 unspecified atom stereocenters. The van der Waals surface area contributed by atoms with Crippen molar-refractivity contribution >= 4 is 34.6 Å². The number of aromatic nitrogens is 1. The predicted octanol–water partition coefficient (Wildman–Crippen LogP) is 3.24. The van der Waals surface area contributed by atoms with E-state index in [4.69, 9.17) is 9.47 Å². The summed E-state index contributed by atoms with van der Waals surface area (Å²) in [6, 6.07) is 3.58. The first-order chi connectivity index (χ1) is 12.4. The molecule has 138 valence electrons. The summed E-state index contributed by atoms with van der Waals surface area (Å²) in [4.78, 5) is 26.8. The number of anilines is 1. The highest BCUT2D eigenvalue weighted by Gasteiger charge is 2.08. The lowest BCUT2D eigenvalue weighted by Crippen LogP contribution is -2.07. The number of hydrazone groups is 1. The summed E-state index contributed by atoms with van der Waals surface area (Å²) in [5.74, 6) is -0.137. The molecule has 7 nitrogen and oxygen atoms in total. The average Bonchev–Trinajstić information content (AvgIpc) is 2.97. The molecule has 1 N–H and O–H groups in total. The number of esters is 2. The lowest BCUT2D eigenvalue weighted by atomic mass is 10.0. The van der Waals surface area contributed by atoms with Crippen LogP contribution in [0.3, 0.4) is 0 Å². The van der Waals surface area contributed by atoms with Gasteiger partial charge in [0.25, 0.3) is 0 Å². The summed E-state index contributed by atoms with van der Waals surface area (Å²) in [5.41, 5.74) is 6.31. The van der Waals surface area contributed by atoms with Crippen molar-refractivity contribution in [1.29, 1.82) is 0 Å². The lowest BCUT2D eigenvalue weighted by Gasteiger charge is -2.08. The summed E-state index contributed by atoms with van der Waals surface area (Å²) in [6.07, 6.45) is 1.83. The van der Waals surface area contributed by atoms with Gasteiger partial charge in [-0.1, -0.05) is 0 Å². The molecular formula is C18H21N3O4S. The Morgan fingerprint density at radius 2 is 2.00 bits per heavy atom. The van der Waals surface area contributed by atoms with Gasteiger partial charge in [0.05, 0.1) is 24.9 Å². The first-order valence-corrected chi connectivity index (χ1v) is 8.95. The first-order valence-electron chi connectivity index (χ1n) is 8.07. The van der Waals surface area contributed by atoms with Crippen molar-refractivity contribution in [2.24, 2.45) is 5.10 Å². The number of nitrogens with one attached hydrogen (secondary N) is 1. The van der Waals surface area contributed by atoms with Crippen LogP contribution < -0.4 is 10.2 Å². The van der Waals surface area contributed by atoms with E-state index in [2.05, 4.69) is 15.5 Å². The number of nitrogens with zero attached hydrogens (tertiary/aromatic N) is 2. The molecule has 2 rings (SSSR count). The Morgan fingerprint density at radius 3 is 2.62 bits per heavy atom. The number of rotatable bonds is 7. The third-order valence-electron chi connectivity index (χ3n) is 3.37. The van der Waals surface area contributed by atoms with Gasteiger partial charge in [0, 0.05) is 17.9 Å². The van der Waals surface area contributed by atoms with E-state index in [0.717, 1.165) is 16.7 Å². The van der Waals surface area contributed by atoms with Crippen molar-refractivity contribution in [3.63, 3.8) is 0 Å². The van der Waals surface area contributed by atoms with E-state index in [9.17, 15) is 9.59 Å². The van der Waals surface area contributed by atoms with Gasteiger partial charge in [0.1, 0.15) is 5.75 Å². The van der Waals surface area contributed by atoms with Crippen LogP contribution in [0.5, 0.6) is 5.75 Å². The molecule has 0 saturated heterocycles. The predicted molar refractivity (Wildman–Crippen MR) is 101 cm³/mol. The summed E-state index contributed by atoms with van der Waals surface area (Å²) in [6.45, 7) is 7.33. The summed E-state index contributed by atoms with van der Waals surface area (Å²) in [5, 5.41) is 6.58. The van der Waals surface area contributed by atoms with Crippen LogP contribution in [0.25, 0.3) is 0 Å². The molecule has 8 heteroatoms. The van der Waals surface area contributed by atoms with Gasteiger partial charge in [-0.05, 0) is 44.0 Å². The van der Waals surface area contributed by atoms with Crippen molar-refractivity contribution in [3.05, 3.63) is 39.9 Å². The van der Waals surface area contributed by atoms with Gasteiger partial charge in [-0.25, -0.2) is 4.98 Å². The van der Waals surface area contributed by atoms with E-state index in [1.165, 1.54) is 18.3 Å². The Labute approximate surface area is 156 Å². The van der Waals surface area contributed by atoms with Crippen LogP contribution in [0.15, 0.2) is 22.6 Å². The number of benzene rings is 1. The second-order valence-electron chi connectivity index (χ2n) is 5.56. The van der Waals surface area contributed by atoms with E-state index in [-0.39, 0.29) is 18.4 Å². The Kier molecular flexibility index (Phi) is 6.85. The zero-order chi connectivity index (χ0) is 19.1. The molecule has 0 fully saturated rings. The van der Waals surface area contributed by atoms with Gasteiger partial charge in [-0.2, -0.15) is 5.10 Å². The van der Waals surface area contributed by atoms with Gasteiger partial charge in [-0.3, -0.25) is 15.0 Å². The fourth-order valence-electron chi connectivity index (χ4n) is 2.31. The smallest absolute Gasteiger partial charge is 0.311 e. The summed E-state index contributed by atoms with van der Waals surface area (Å²) >= 11 is 1.36. The van der Waals surface area contributed by atoms with Crippen molar-refractivity contribution in [3.8, 4) is 5.75 Å². The highest BCUT2D eigenvalue weighted by Crippen LogP contribution is 2.21. The molecular weight excluding hydrogens is 354 g/mol. The topological polar surface area (TPSA) is 89.9 Å². The molecule has 1 aromatic carbocycles. The van der Waals surface area contributed by atoms with E-state index in [0.29, 0.717) is 23.2 Å². The molecule has 0 spiro atoms. The number of carbonyl (C=O) groups is 2. The second kappa shape index (κ2) is 9.10. The van der Waals surface area contributed by atoms with Crippen LogP contribution in [0.2, 0.25) is 0 Å². The molecule has 2 aromatic rings. The number of hydrogen-bond acceptors (Lipinski definition) is 8. The Morgan fingerprint density at radius 1 is 1.31 bits per heavy atom. The van der Waals surface area contributed by atoms with Gasteiger partial charge in [0.15, 0.2) is 0 Å². The van der Waals surface area contributed by atoms with E-state index >= 15 is 0 Å². The summed E-state index contributed by atoms with van der Waals surface area (Å²) in [7, 11) is 0. The molecule has 0 aliphatic heterocycles. The molecule has 1 aromatic heterocycles. The third-order valence-corrected chi connectivity index (χ3v) is 4.16. The Bertz CT molecular complexity index is 807. The quantitative estimate of drug-likeness (QED) is 0.346. The lowest BCUT2D eigenvalue weighted by molar-refractivity contribution is -0.142. The van der Waals surface area contributed by atoms with E-state index in [1.807, 2.05) is 13.8 Å². The fraction of sp³-hybridized carbons (Fsp3) is 0.333. The van der Waals surface area contributed by atoms with Crippen molar-refractivity contribution in [2.45, 2.75) is 34.1 Å². The Balaban J connectivity index is 2.01. The van der Waals surface area contributed by atoms with Crippen LogP contribution in [0, 0.1) is 13.8 Å². The number of hydrogen-bond donors (Lipinski definition) is 1. The highest BCUT2D eigenvalue weighted by atomic mass is 32.1. The Hall–Kier alpha value is -2.74. The zero-order valence-electron chi connectivity index (χ0n) is 15.2. The van der Waals surface area contributed by atoms with Crippen LogP contribution in [0.4, 0.5) is 5.13 Å². The number of aryl methyl sites for hydroxylation is 2. The van der Waals surface area contributed by atoms with Crippen molar-refractivity contribution in [1.82, 2.24) is 4.98 Å². The number of ether oxygens (including phenoxy) is 2. The van der Waals surface area contributed by atoms with Gasteiger partial charge in [0.2, 0.25) is 5.13 Å². The van der Waals surface area contributed by atoms with Gasteiger partial charge >= 0.3 is 11.9 Å². The minimum absolute atomic E-state index is 0.144. The third kappa shape index (κ3) is 5.66. The minimum atomic E-state index is -0.353. The molecule has 1 heterocycles. The van der Waals surface area contributed by atoms with Gasteiger partial charge < -0.3 is 9.47 Å². The highest BCUT2D eigenvalue weighted by molar-refractivity contribution is 7.13. The fourth-order valence-corrected chi connectivity index (χ4v) is 2.97.